The molecule has 5 nitrogen and oxygen atoms in total. The van der Waals surface area contributed by atoms with E-state index in [1.165, 1.54) is 24.0 Å². The fraction of sp³-hybridized carbons (Fsp3) is 0.458. The highest BCUT2D eigenvalue weighted by molar-refractivity contribution is 8.00. The Labute approximate surface area is 188 Å². The smallest absolute Gasteiger partial charge is 0.243 e. The second-order valence-corrected chi connectivity index (χ2v) is 11.6. The zero-order valence-electron chi connectivity index (χ0n) is 17.7. The van der Waals surface area contributed by atoms with Crippen LogP contribution in [0.5, 0.6) is 0 Å². The lowest BCUT2D eigenvalue weighted by Gasteiger charge is -2.26. The van der Waals surface area contributed by atoms with Crippen molar-refractivity contribution < 1.29 is 13.2 Å². The first-order valence-corrected chi connectivity index (χ1v) is 13.6. The quantitative estimate of drug-likeness (QED) is 0.638. The SMILES string of the molecule is O=C(CSc1ccc2c(c1)CCC2)N1CCc2cc(S(=O)(=O)N3CCCCC3)ccc21. The number of carbonyl (C=O) groups excluding carboxylic acids is 1. The molecule has 0 bridgehead atoms. The summed E-state index contributed by atoms with van der Waals surface area (Å²) >= 11 is 1.59. The Morgan fingerprint density at radius 1 is 0.839 bits per heavy atom. The number of aryl methyl sites for hydroxylation is 2. The molecular weight excluding hydrogens is 428 g/mol. The van der Waals surface area contributed by atoms with Crippen LogP contribution in [0.2, 0.25) is 0 Å². The number of amides is 1. The van der Waals surface area contributed by atoms with Gasteiger partial charge in [-0.3, -0.25) is 4.79 Å². The molecule has 5 rings (SSSR count). The third kappa shape index (κ3) is 4.15. The van der Waals surface area contributed by atoms with Gasteiger partial charge in [-0.15, -0.1) is 11.8 Å². The summed E-state index contributed by atoms with van der Waals surface area (Å²) in [6, 6.07) is 11.8. The lowest BCUT2D eigenvalue weighted by atomic mass is 10.1. The molecule has 2 aromatic carbocycles. The molecule has 0 aromatic heterocycles. The van der Waals surface area contributed by atoms with Gasteiger partial charge in [0.2, 0.25) is 15.9 Å². The number of anilines is 1. The molecule has 2 heterocycles. The van der Waals surface area contributed by atoms with Crippen LogP contribution in [-0.2, 0) is 34.1 Å². The molecule has 0 saturated carbocycles. The van der Waals surface area contributed by atoms with E-state index < -0.39 is 10.0 Å². The first-order valence-electron chi connectivity index (χ1n) is 11.2. The van der Waals surface area contributed by atoms with Crippen molar-refractivity contribution in [3.8, 4) is 0 Å². The third-order valence-corrected chi connectivity index (χ3v) is 9.51. The van der Waals surface area contributed by atoms with Crippen LogP contribution in [0, 0.1) is 0 Å². The minimum absolute atomic E-state index is 0.0795. The van der Waals surface area contributed by atoms with E-state index >= 15 is 0 Å². The van der Waals surface area contributed by atoms with Crippen molar-refractivity contribution in [2.45, 2.75) is 54.7 Å². The lowest BCUT2D eigenvalue weighted by molar-refractivity contribution is -0.116. The van der Waals surface area contributed by atoms with Gasteiger partial charge >= 0.3 is 0 Å². The first kappa shape index (κ1) is 21.0. The predicted octanol–water partition coefficient (Wildman–Crippen LogP) is 4.03. The number of thioether (sulfide) groups is 1. The molecule has 7 heteroatoms. The van der Waals surface area contributed by atoms with Crippen molar-refractivity contribution in [2.24, 2.45) is 0 Å². The number of rotatable bonds is 5. The van der Waals surface area contributed by atoms with Gasteiger partial charge < -0.3 is 4.90 Å². The Kier molecular flexibility index (Phi) is 5.84. The number of fused-ring (bicyclic) bond motifs is 2. The van der Waals surface area contributed by atoms with Crippen LogP contribution in [0.15, 0.2) is 46.2 Å². The van der Waals surface area contributed by atoms with E-state index in [1.807, 2.05) is 11.0 Å². The van der Waals surface area contributed by atoms with Gasteiger partial charge in [-0.05, 0) is 85.5 Å². The van der Waals surface area contributed by atoms with Gasteiger partial charge in [-0.25, -0.2) is 8.42 Å². The van der Waals surface area contributed by atoms with E-state index in [0.29, 0.717) is 36.7 Å². The van der Waals surface area contributed by atoms with E-state index in [9.17, 15) is 13.2 Å². The fourth-order valence-corrected chi connectivity index (χ4v) is 7.32. The number of benzene rings is 2. The second-order valence-electron chi connectivity index (χ2n) is 8.62. The maximum absolute atomic E-state index is 13.0. The van der Waals surface area contributed by atoms with E-state index in [0.717, 1.165) is 41.8 Å². The van der Waals surface area contributed by atoms with Crippen LogP contribution in [0.4, 0.5) is 5.69 Å². The van der Waals surface area contributed by atoms with Gasteiger partial charge in [0.1, 0.15) is 0 Å². The zero-order chi connectivity index (χ0) is 21.4. The normalized spacial score (nSPS) is 18.8. The highest BCUT2D eigenvalue weighted by Crippen LogP contribution is 2.33. The lowest BCUT2D eigenvalue weighted by Crippen LogP contribution is -2.35. The minimum atomic E-state index is -3.45. The van der Waals surface area contributed by atoms with Gasteiger partial charge in [0.15, 0.2) is 0 Å². The minimum Gasteiger partial charge on any atom is -0.311 e. The average molecular weight is 457 g/mol. The van der Waals surface area contributed by atoms with Gasteiger partial charge in [-0.2, -0.15) is 4.31 Å². The van der Waals surface area contributed by atoms with E-state index in [1.54, 1.807) is 28.2 Å². The molecule has 164 valence electrons. The molecule has 1 aliphatic carbocycles. The number of hydrogen-bond donors (Lipinski definition) is 0. The van der Waals surface area contributed by atoms with Crippen molar-refractivity contribution in [3.63, 3.8) is 0 Å². The Morgan fingerprint density at radius 2 is 1.65 bits per heavy atom. The van der Waals surface area contributed by atoms with Crippen molar-refractivity contribution in [1.82, 2.24) is 4.31 Å². The Bertz CT molecular complexity index is 1110. The summed E-state index contributed by atoms with van der Waals surface area (Å²) in [4.78, 5) is 16.2. The van der Waals surface area contributed by atoms with Crippen LogP contribution >= 0.6 is 11.8 Å². The molecule has 1 fully saturated rings. The molecular formula is C24H28N2O3S2. The largest absolute Gasteiger partial charge is 0.311 e. The number of piperidine rings is 1. The van der Waals surface area contributed by atoms with Crippen LogP contribution in [-0.4, -0.2) is 44.0 Å². The van der Waals surface area contributed by atoms with Crippen molar-refractivity contribution in [2.75, 3.05) is 30.3 Å². The standard InChI is InChI=1S/C24H28N2O3S2/c27-24(17-30-21-8-7-18-5-4-6-19(18)15-21)26-14-11-20-16-22(9-10-23(20)26)31(28,29)25-12-2-1-3-13-25/h7-10,15-16H,1-6,11-14,17H2. The Morgan fingerprint density at radius 3 is 2.48 bits per heavy atom. The highest BCUT2D eigenvalue weighted by Gasteiger charge is 2.30. The molecule has 0 atom stereocenters. The van der Waals surface area contributed by atoms with Crippen molar-refractivity contribution in [1.29, 1.82) is 0 Å². The molecule has 0 radical (unpaired) electrons. The number of nitrogens with zero attached hydrogens (tertiary/aromatic N) is 2. The summed E-state index contributed by atoms with van der Waals surface area (Å²) < 4.78 is 27.6. The van der Waals surface area contributed by atoms with Gasteiger partial charge in [0.05, 0.1) is 10.6 Å². The maximum atomic E-state index is 13.0. The molecule has 3 aliphatic rings. The maximum Gasteiger partial charge on any atom is 0.243 e. The van der Waals surface area contributed by atoms with E-state index in [4.69, 9.17) is 0 Å². The van der Waals surface area contributed by atoms with Crippen molar-refractivity contribution >= 4 is 33.4 Å². The van der Waals surface area contributed by atoms with Gasteiger partial charge in [0, 0.05) is 30.2 Å². The fourth-order valence-electron chi connectivity index (χ4n) is 4.91. The first-order chi connectivity index (χ1) is 15.0. The summed E-state index contributed by atoms with van der Waals surface area (Å²) in [6.07, 6.45) is 7.18. The number of hydrogen-bond acceptors (Lipinski definition) is 4. The summed E-state index contributed by atoms with van der Waals surface area (Å²) in [5.41, 5.74) is 4.68. The molecule has 2 aromatic rings. The second kappa shape index (κ2) is 8.60. The number of carbonyl (C=O) groups is 1. The molecule has 1 amide bonds. The van der Waals surface area contributed by atoms with Gasteiger partial charge in [-0.1, -0.05) is 12.5 Å². The van der Waals surface area contributed by atoms with Gasteiger partial charge in [0.25, 0.3) is 0 Å². The van der Waals surface area contributed by atoms with Crippen molar-refractivity contribution in [3.05, 3.63) is 53.1 Å². The Balaban J connectivity index is 1.27. The predicted molar refractivity (Wildman–Crippen MR) is 124 cm³/mol. The molecule has 1 saturated heterocycles. The summed E-state index contributed by atoms with van der Waals surface area (Å²) in [5.74, 6) is 0.474. The summed E-state index contributed by atoms with van der Waals surface area (Å²) in [5, 5.41) is 0. The molecule has 0 N–H and O–H groups in total. The van der Waals surface area contributed by atoms with Crippen LogP contribution in [0.25, 0.3) is 0 Å². The number of sulfonamides is 1. The topological polar surface area (TPSA) is 57.7 Å². The summed E-state index contributed by atoms with van der Waals surface area (Å²) in [7, 11) is -3.45. The zero-order valence-corrected chi connectivity index (χ0v) is 19.3. The average Bonchev–Trinajstić information content (AvgIpc) is 3.44. The molecule has 0 spiro atoms. The highest BCUT2D eigenvalue weighted by atomic mass is 32.2. The molecule has 0 unspecified atom stereocenters. The van der Waals surface area contributed by atoms with Crippen LogP contribution in [0.1, 0.15) is 42.4 Å². The van der Waals surface area contributed by atoms with Crippen LogP contribution < -0.4 is 4.90 Å². The van der Waals surface area contributed by atoms with Crippen LogP contribution in [0.3, 0.4) is 0 Å². The molecule has 2 aliphatic heterocycles. The summed E-state index contributed by atoms with van der Waals surface area (Å²) in [6.45, 7) is 1.82. The monoisotopic (exact) mass is 456 g/mol. The third-order valence-electron chi connectivity index (χ3n) is 6.63. The molecule has 31 heavy (non-hydrogen) atoms. The van der Waals surface area contributed by atoms with E-state index in [-0.39, 0.29) is 5.91 Å². The van der Waals surface area contributed by atoms with E-state index in [2.05, 4.69) is 18.2 Å². The Hall–Kier alpha value is -1.83.